The number of nitrogens with zero attached hydrogens (tertiary/aromatic N) is 3. The summed E-state index contributed by atoms with van der Waals surface area (Å²) in [5.41, 5.74) is 7.93. The molecule has 0 amide bonds. The molecule has 2 aliphatic rings. The maximum atomic E-state index is 10.1. The largest absolute Gasteiger partial charge is 0.477 e. The van der Waals surface area contributed by atoms with E-state index in [2.05, 4.69) is 59.8 Å². The summed E-state index contributed by atoms with van der Waals surface area (Å²) in [6, 6.07) is 22.9. The smallest absolute Gasteiger partial charge is 0.354 e. The number of aromatic nitrogens is 3. The molecule has 1 saturated carbocycles. The van der Waals surface area contributed by atoms with Gasteiger partial charge in [0, 0.05) is 49.5 Å². The molecule has 0 aliphatic heterocycles. The number of imidazole rings is 1. The molecule has 34 heavy (non-hydrogen) atoms. The second-order valence-electron chi connectivity index (χ2n) is 8.78. The Labute approximate surface area is 213 Å². The van der Waals surface area contributed by atoms with Crippen molar-refractivity contribution in [3.63, 3.8) is 0 Å². The van der Waals surface area contributed by atoms with Crippen molar-refractivity contribution in [1.29, 1.82) is 0 Å². The van der Waals surface area contributed by atoms with Gasteiger partial charge in [0.15, 0.2) is 0 Å². The molecule has 2 aromatic carbocycles. The molecule has 2 atom stereocenters. The number of pyridine rings is 1. The monoisotopic (exact) mass is 629 g/mol. The van der Waals surface area contributed by atoms with Gasteiger partial charge < -0.3 is 9.67 Å². The number of hydrogen-bond acceptors (Lipinski definition) is 3. The molecular weight excluding hydrogens is 603 g/mol. The molecule has 1 N–H and O–H groups in total. The van der Waals surface area contributed by atoms with Crippen molar-refractivity contribution in [2.75, 3.05) is 0 Å². The molecule has 1 radical (unpaired) electrons. The minimum atomic E-state index is -0.990. The Morgan fingerprint density at radius 1 is 1.00 bits per heavy atom. The van der Waals surface area contributed by atoms with E-state index in [1.165, 1.54) is 59.7 Å². The Hall–Kier alpha value is -3.08. The molecule has 2 heterocycles. The molecule has 175 valence electrons. The molecular formula is C28H26IrN3O2-. The Balaban J connectivity index is 0.000000234. The second kappa shape index (κ2) is 10.0. The van der Waals surface area contributed by atoms with Crippen molar-refractivity contribution in [3.05, 3.63) is 101 Å². The number of benzene rings is 2. The van der Waals surface area contributed by atoms with Crippen molar-refractivity contribution >= 4 is 5.97 Å². The quantitative estimate of drug-likeness (QED) is 0.279. The summed E-state index contributed by atoms with van der Waals surface area (Å²) in [7, 11) is 0. The maximum absolute atomic E-state index is 10.1. The van der Waals surface area contributed by atoms with Crippen LogP contribution in [0.2, 0.25) is 0 Å². The number of para-hydroxylation sites is 1. The number of aryl methyl sites for hydroxylation is 2. The summed E-state index contributed by atoms with van der Waals surface area (Å²) < 4.78 is 2.45. The van der Waals surface area contributed by atoms with Crippen LogP contribution < -0.4 is 0 Å². The number of fused-ring (bicyclic) bond motifs is 5. The van der Waals surface area contributed by atoms with Gasteiger partial charge in [-0.2, -0.15) is 0 Å². The number of aromatic carboxylic acids is 1. The second-order valence-corrected chi connectivity index (χ2v) is 8.78. The van der Waals surface area contributed by atoms with E-state index in [9.17, 15) is 4.79 Å². The molecule has 2 bridgehead atoms. The van der Waals surface area contributed by atoms with Crippen LogP contribution in [0.4, 0.5) is 0 Å². The number of carboxylic acid groups (broad SMARTS) is 1. The summed E-state index contributed by atoms with van der Waals surface area (Å²) >= 11 is 0. The molecule has 2 aromatic heterocycles. The van der Waals surface area contributed by atoms with Gasteiger partial charge in [-0.1, -0.05) is 24.3 Å². The Kier molecular flexibility index (Phi) is 7.10. The topological polar surface area (TPSA) is 68.0 Å². The normalized spacial score (nSPS) is 17.4. The zero-order chi connectivity index (χ0) is 22.9. The van der Waals surface area contributed by atoms with E-state index in [1.807, 2.05) is 12.1 Å². The zero-order valence-corrected chi connectivity index (χ0v) is 21.6. The van der Waals surface area contributed by atoms with Gasteiger partial charge in [-0.15, -0.1) is 35.9 Å². The Morgan fingerprint density at radius 2 is 1.74 bits per heavy atom. The van der Waals surface area contributed by atoms with E-state index in [0.29, 0.717) is 11.8 Å². The van der Waals surface area contributed by atoms with E-state index < -0.39 is 5.97 Å². The Morgan fingerprint density at radius 3 is 2.35 bits per heavy atom. The molecule has 0 spiro atoms. The fourth-order valence-electron chi connectivity index (χ4n) is 5.21. The summed E-state index contributed by atoms with van der Waals surface area (Å²) in [4.78, 5) is 18.9. The predicted molar refractivity (Wildman–Crippen MR) is 128 cm³/mol. The SMILES string of the molecule is Cc1cccc(C)c1-n1c(-c2[c-]cccc2)nc2c1C1CCC2C1.O=C(O)c1ccccn1.[Ir]. The third-order valence-corrected chi connectivity index (χ3v) is 6.64. The molecule has 2 aliphatic carbocycles. The van der Waals surface area contributed by atoms with Gasteiger partial charge in [-0.3, -0.25) is 4.98 Å². The number of hydrogen-bond donors (Lipinski definition) is 1. The van der Waals surface area contributed by atoms with Gasteiger partial charge in [0.1, 0.15) is 5.69 Å². The van der Waals surface area contributed by atoms with Crippen LogP contribution in [-0.2, 0) is 20.1 Å². The summed E-state index contributed by atoms with van der Waals surface area (Å²) in [5.74, 6) is 1.41. The van der Waals surface area contributed by atoms with E-state index in [4.69, 9.17) is 10.1 Å². The fraction of sp³-hybridized carbons (Fsp3) is 0.250. The first-order chi connectivity index (χ1) is 16.0. The van der Waals surface area contributed by atoms with Crippen LogP contribution in [0.25, 0.3) is 17.1 Å². The first kappa shape index (κ1) is 24.1. The molecule has 6 rings (SSSR count). The van der Waals surface area contributed by atoms with Crippen molar-refractivity contribution in [1.82, 2.24) is 14.5 Å². The van der Waals surface area contributed by atoms with E-state index in [1.54, 1.807) is 12.1 Å². The summed E-state index contributed by atoms with van der Waals surface area (Å²) in [6.45, 7) is 4.42. The van der Waals surface area contributed by atoms with Crippen LogP contribution in [0.3, 0.4) is 0 Å². The minimum absolute atomic E-state index is 0. The van der Waals surface area contributed by atoms with Crippen LogP contribution in [0, 0.1) is 19.9 Å². The number of rotatable bonds is 3. The molecule has 2 unspecified atom stereocenters. The van der Waals surface area contributed by atoms with Gasteiger partial charge in [0.2, 0.25) is 0 Å². The van der Waals surface area contributed by atoms with Crippen LogP contribution in [0.15, 0.2) is 66.9 Å². The van der Waals surface area contributed by atoms with Crippen LogP contribution >= 0.6 is 0 Å². The van der Waals surface area contributed by atoms with Crippen molar-refractivity contribution in [2.45, 2.75) is 44.9 Å². The predicted octanol–water partition coefficient (Wildman–Crippen LogP) is 6.10. The van der Waals surface area contributed by atoms with Crippen LogP contribution in [0.1, 0.15) is 64.1 Å². The fourth-order valence-corrected chi connectivity index (χ4v) is 5.21. The standard InChI is InChI=1S/C22H21N2.C6H5NO2.Ir/c1-14-7-6-8-15(2)20(14)24-21-18-12-11-17(13-18)19(21)23-22(24)16-9-4-3-5-10-16;8-6(9)5-3-1-2-4-7-5;/h3-9,17-18H,11-13H2,1-2H3;1-4H,(H,8,9);/q-1;;. The Bertz CT molecular complexity index is 1280. The average Bonchev–Trinajstić information content (AvgIpc) is 3.54. The van der Waals surface area contributed by atoms with Crippen molar-refractivity contribution in [3.8, 4) is 17.1 Å². The van der Waals surface area contributed by atoms with E-state index >= 15 is 0 Å². The molecule has 6 heteroatoms. The van der Waals surface area contributed by atoms with Crippen molar-refractivity contribution in [2.24, 2.45) is 0 Å². The third kappa shape index (κ3) is 4.36. The molecule has 5 nitrogen and oxygen atoms in total. The van der Waals surface area contributed by atoms with Gasteiger partial charge in [0.05, 0.1) is 11.5 Å². The van der Waals surface area contributed by atoms with Gasteiger partial charge in [-0.25, -0.2) is 9.78 Å². The number of carboxylic acids is 1. The van der Waals surface area contributed by atoms with Gasteiger partial charge in [0.25, 0.3) is 0 Å². The van der Waals surface area contributed by atoms with Gasteiger partial charge >= 0.3 is 5.97 Å². The van der Waals surface area contributed by atoms with Crippen LogP contribution in [0.5, 0.6) is 0 Å². The minimum Gasteiger partial charge on any atom is -0.477 e. The maximum Gasteiger partial charge on any atom is 0.354 e. The molecule has 4 aromatic rings. The third-order valence-electron chi connectivity index (χ3n) is 6.64. The zero-order valence-electron chi connectivity index (χ0n) is 19.2. The first-order valence-electron chi connectivity index (χ1n) is 11.3. The van der Waals surface area contributed by atoms with Crippen LogP contribution in [-0.4, -0.2) is 25.6 Å². The molecule has 0 saturated heterocycles. The van der Waals surface area contributed by atoms with Gasteiger partial charge in [-0.05, 0) is 56.4 Å². The van der Waals surface area contributed by atoms with E-state index in [0.717, 1.165) is 11.4 Å². The van der Waals surface area contributed by atoms with E-state index in [-0.39, 0.29) is 25.8 Å². The molecule has 1 fully saturated rings. The average molecular weight is 629 g/mol. The summed E-state index contributed by atoms with van der Waals surface area (Å²) in [5, 5.41) is 8.32. The first-order valence-corrected chi connectivity index (χ1v) is 11.3. The summed E-state index contributed by atoms with van der Waals surface area (Å²) in [6.07, 6.45) is 5.36. The number of carbonyl (C=O) groups is 1. The van der Waals surface area contributed by atoms with Crippen molar-refractivity contribution < 1.29 is 30.0 Å².